The molecule has 6 rings (SSSR count). The van der Waals surface area contributed by atoms with Gasteiger partial charge in [0.15, 0.2) is 17.3 Å². The van der Waals surface area contributed by atoms with Gasteiger partial charge in [-0.2, -0.15) is 0 Å². The van der Waals surface area contributed by atoms with Crippen LogP contribution in [0, 0.1) is 11.6 Å². The number of ketones is 1. The quantitative estimate of drug-likeness (QED) is 0.254. The van der Waals surface area contributed by atoms with Crippen molar-refractivity contribution in [2.45, 2.75) is 6.42 Å². The monoisotopic (exact) mass is 603 g/mol. The van der Waals surface area contributed by atoms with Crippen molar-refractivity contribution in [2.24, 2.45) is 0 Å². The van der Waals surface area contributed by atoms with E-state index in [9.17, 15) is 18.8 Å². The van der Waals surface area contributed by atoms with E-state index in [0.717, 1.165) is 6.07 Å². The number of nitrogens with one attached hydrogen (secondary N) is 1. The molecule has 0 bridgehead atoms. The topological polar surface area (TPSA) is 116 Å². The minimum absolute atomic E-state index is 0.101. The minimum Gasteiger partial charge on any atom is -0.454 e. The van der Waals surface area contributed by atoms with Gasteiger partial charge < -0.3 is 14.4 Å². The number of amides is 2. The highest BCUT2D eigenvalue weighted by Gasteiger charge is 2.20. The predicted molar refractivity (Wildman–Crippen MR) is 155 cm³/mol. The maximum atomic E-state index is 15.1. The molecule has 2 aromatic carbocycles. The van der Waals surface area contributed by atoms with E-state index in [1.165, 1.54) is 76.7 Å². The molecule has 0 saturated carbocycles. The lowest BCUT2D eigenvalue weighted by atomic mass is 10.0. The van der Waals surface area contributed by atoms with Gasteiger partial charge in [-0.25, -0.2) is 23.5 Å². The summed E-state index contributed by atoms with van der Waals surface area (Å²) in [6, 6.07) is 13.5. The molecule has 5 aromatic rings. The minimum atomic E-state index is -0.723. The van der Waals surface area contributed by atoms with E-state index < -0.39 is 23.0 Å². The van der Waals surface area contributed by atoms with Crippen LogP contribution in [0.5, 0.6) is 11.5 Å². The van der Waals surface area contributed by atoms with Crippen LogP contribution in [-0.4, -0.2) is 57.6 Å². The van der Waals surface area contributed by atoms with Gasteiger partial charge in [-0.3, -0.25) is 19.5 Å². The van der Waals surface area contributed by atoms with Crippen molar-refractivity contribution < 1.29 is 27.8 Å². The van der Waals surface area contributed by atoms with Gasteiger partial charge in [-0.1, -0.05) is 6.07 Å². The number of halogens is 2. The second-order valence-corrected chi connectivity index (χ2v) is 10.4. The second-order valence-electron chi connectivity index (χ2n) is 9.59. The third kappa shape index (κ3) is 6.12. The summed E-state index contributed by atoms with van der Waals surface area (Å²) in [5, 5.41) is 2.69. The number of carbonyl (C=O) groups excluding carboxylic acids is 2. The van der Waals surface area contributed by atoms with E-state index in [-0.39, 0.29) is 35.3 Å². The number of nitrogens with zero attached hydrogens (tertiary/aromatic N) is 4. The van der Waals surface area contributed by atoms with E-state index in [0.29, 0.717) is 47.9 Å². The summed E-state index contributed by atoms with van der Waals surface area (Å²) < 4.78 is 40.8. The van der Waals surface area contributed by atoms with Gasteiger partial charge in [0.25, 0.3) is 5.56 Å². The Morgan fingerprint density at radius 2 is 1.79 bits per heavy atom. The highest BCUT2D eigenvalue weighted by atomic mass is 32.1. The number of rotatable bonds is 7. The number of thiazole rings is 1. The van der Waals surface area contributed by atoms with Crippen LogP contribution in [0.1, 0.15) is 15.9 Å². The first-order valence-corrected chi connectivity index (χ1v) is 14.1. The Hall–Kier alpha value is -5.01. The van der Waals surface area contributed by atoms with Gasteiger partial charge in [0.2, 0.25) is 0 Å². The molecule has 2 amide bonds. The van der Waals surface area contributed by atoms with E-state index >= 15 is 4.39 Å². The molecule has 1 fully saturated rings. The maximum Gasteiger partial charge on any atom is 0.323 e. The van der Waals surface area contributed by atoms with Crippen molar-refractivity contribution >= 4 is 39.3 Å². The number of Topliss-reactive ketones (excluding diaryl/α,β-unsaturated/α-hetero) is 1. The van der Waals surface area contributed by atoms with Crippen molar-refractivity contribution in [1.82, 2.24) is 19.4 Å². The van der Waals surface area contributed by atoms with Gasteiger partial charge in [0.05, 0.1) is 35.5 Å². The van der Waals surface area contributed by atoms with Crippen LogP contribution in [0.2, 0.25) is 0 Å². The molecule has 10 nitrogen and oxygen atoms in total. The second kappa shape index (κ2) is 12.1. The number of morpholine rings is 1. The molecular weight excluding hydrogens is 580 g/mol. The van der Waals surface area contributed by atoms with E-state index in [1.54, 1.807) is 10.4 Å². The molecule has 0 atom stereocenters. The molecule has 0 spiro atoms. The Kier molecular flexibility index (Phi) is 7.90. The molecule has 3 aromatic heterocycles. The number of ether oxygens (including phenoxy) is 2. The Bertz CT molecular complexity index is 1890. The van der Waals surface area contributed by atoms with Gasteiger partial charge >= 0.3 is 6.03 Å². The molecular formula is C30H23F2N5O5S. The number of hydrogen-bond donors (Lipinski definition) is 1. The fourth-order valence-electron chi connectivity index (χ4n) is 4.59. The Labute approximate surface area is 247 Å². The summed E-state index contributed by atoms with van der Waals surface area (Å²) in [6.07, 6.45) is 1.17. The first-order chi connectivity index (χ1) is 20.9. The molecule has 1 N–H and O–H groups in total. The first-order valence-electron chi connectivity index (χ1n) is 13.2. The molecule has 0 aliphatic carbocycles. The summed E-state index contributed by atoms with van der Waals surface area (Å²) in [7, 11) is 0. The molecule has 43 heavy (non-hydrogen) atoms. The number of anilines is 1. The van der Waals surface area contributed by atoms with Crippen LogP contribution in [0.4, 0.5) is 19.4 Å². The van der Waals surface area contributed by atoms with E-state index in [1.807, 2.05) is 0 Å². The highest BCUT2D eigenvalue weighted by molar-refractivity contribution is 7.16. The lowest BCUT2D eigenvalue weighted by Crippen LogP contribution is -2.43. The van der Waals surface area contributed by atoms with Crippen molar-refractivity contribution in [1.29, 1.82) is 0 Å². The average Bonchev–Trinajstić information content (AvgIpc) is 3.48. The number of aromatic nitrogens is 3. The van der Waals surface area contributed by atoms with Crippen molar-refractivity contribution in [3.63, 3.8) is 0 Å². The fourth-order valence-corrected chi connectivity index (χ4v) is 5.39. The molecule has 4 heterocycles. The molecule has 0 unspecified atom stereocenters. The van der Waals surface area contributed by atoms with Crippen LogP contribution in [-0.2, 0) is 11.2 Å². The maximum absolute atomic E-state index is 15.1. The van der Waals surface area contributed by atoms with E-state index in [2.05, 4.69) is 15.3 Å². The van der Waals surface area contributed by atoms with Crippen LogP contribution in [0.15, 0.2) is 77.2 Å². The number of fused-ring (bicyclic) bond motifs is 1. The highest BCUT2D eigenvalue weighted by Crippen LogP contribution is 2.27. The van der Waals surface area contributed by atoms with Crippen LogP contribution >= 0.6 is 11.3 Å². The Morgan fingerprint density at radius 1 is 1.00 bits per heavy atom. The van der Waals surface area contributed by atoms with Gasteiger partial charge in [0.1, 0.15) is 22.2 Å². The SMILES string of the molecule is O=C(Cc1ccc(Oc2ccnc(NC(=O)N3CCOCC3)c2)c(F)c1)c1cc2ncsc2n(-c2ccc(F)cc2)c1=O. The number of hydrogen-bond acceptors (Lipinski definition) is 8. The third-order valence-corrected chi connectivity index (χ3v) is 7.56. The first kappa shape index (κ1) is 28.1. The third-order valence-electron chi connectivity index (χ3n) is 6.73. The average molecular weight is 604 g/mol. The summed E-state index contributed by atoms with van der Waals surface area (Å²) in [4.78, 5) is 49.6. The fraction of sp³-hybridized carbons (Fsp3) is 0.167. The molecule has 218 valence electrons. The lowest BCUT2D eigenvalue weighted by molar-refractivity contribution is 0.0564. The Balaban J connectivity index is 1.18. The lowest BCUT2D eigenvalue weighted by Gasteiger charge is -2.26. The van der Waals surface area contributed by atoms with Crippen LogP contribution in [0.25, 0.3) is 16.0 Å². The normalized spacial score (nSPS) is 13.2. The molecule has 1 aliphatic rings. The number of carbonyl (C=O) groups is 2. The molecule has 13 heteroatoms. The zero-order valence-corrected chi connectivity index (χ0v) is 23.3. The summed E-state index contributed by atoms with van der Waals surface area (Å²) in [6.45, 7) is 1.85. The summed E-state index contributed by atoms with van der Waals surface area (Å²) in [5.41, 5.74) is 2.01. The van der Waals surface area contributed by atoms with Gasteiger partial charge in [0, 0.05) is 31.8 Å². The van der Waals surface area contributed by atoms with Crippen molar-refractivity contribution in [3.8, 4) is 17.2 Å². The van der Waals surface area contributed by atoms with Gasteiger partial charge in [-0.05, 0) is 54.1 Å². The molecule has 1 saturated heterocycles. The smallest absolute Gasteiger partial charge is 0.323 e. The van der Waals surface area contributed by atoms with Crippen molar-refractivity contribution in [3.05, 3.63) is 105 Å². The largest absolute Gasteiger partial charge is 0.454 e. The summed E-state index contributed by atoms with van der Waals surface area (Å²) >= 11 is 1.22. The van der Waals surface area contributed by atoms with Gasteiger partial charge in [-0.15, -0.1) is 11.3 Å². The molecule has 1 aliphatic heterocycles. The number of benzene rings is 2. The van der Waals surface area contributed by atoms with Crippen LogP contribution < -0.4 is 15.6 Å². The number of urea groups is 1. The van der Waals surface area contributed by atoms with Crippen LogP contribution in [0.3, 0.4) is 0 Å². The number of pyridine rings is 2. The zero-order chi connectivity index (χ0) is 29.9. The van der Waals surface area contributed by atoms with E-state index in [4.69, 9.17) is 9.47 Å². The summed E-state index contributed by atoms with van der Waals surface area (Å²) in [5.74, 6) is -1.33. The molecule has 0 radical (unpaired) electrons. The Morgan fingerprint density at radius 3 is 2.56 bits per heavy atom. The zero-order valence-electron chi connectivity index (χ0n) is 22.5. The predicted octanol–water partition coefficient (Wildman–Crippen LogP) is 5.20. The van der Waals surface area contributed by atoms with Crippen molar-refractivity contribution in [2.75, 3.05) is 31.6 Å². The standard InChI is InChI=1S/C30H23F2N5O5S/c31-19-2-4-20(5-3-19)37-28(39)22(16-24-29(37)43-17-34-24)25(38)14-18-1-6-26(23(32)13-18)42-21-7-8-33-27(15-21)35-30(40)36-9-11-41-12-10-36/h1-8,13,15-17H,9-12,14H2,(H,33,35,40).